The van der Waals surface area contributed by atoms with E-state index in [4.69, 9.17) is 5.21 Å². The summed E-state index contributed by atoms with van der Waals surface area (Å²) >= 11 is 5.04. The van der Waals surface area contributed by atoms with Crippen LogP contribution >= 0.6 is 27.3 Å². The molecule has 2 nitrogen and oxygen atoms in total. The maximum absolute atomic E-state index is 8.43. The zero-order valence-corrected chi connectivity index (χ0v) is 8.97. The SMILES string of the molecule is ON=Cc1csc2ccc(Br)cc12. The average molecular weight is 256 g/mol. The highest BCUT2D eigenvalue weighted by Gasteiger charge is 2.01. The van der Waals surface area contributed by atoms with E-state index in [9.17, 15) is 0 Å². The first kappa shape index (κ1) is 8.72. The van der Waals surface area contributed by atoms with Crippen LogP contribution in [-0.2, 0) is 0 Å². The summed E-state index contributed by atoms with van der Waals surface area (Å²) in [5.41, 5.74) is 0.948. The van der Waals surface area contributed by atoms with Crippen LogP contribution in [0.5, 0.6) is 0 Å². The molecule has 2 rings (SSSR count). The molecule has 4 heteroatoms. The molecule has 0 aliphatic rings. The van der Waals surface area contributed by atoms with Gasteiger partial charge in [0.25, 0.3) is 0 Å². The van der Waals surface area contributed by atoms with Crippen LogP contribution in [-0.4, -0.2) is 11.4 Å². The van der Waals surface area contributed by atoms with Gasteiger partial charge in [-0.25, -0.2) is 0 Å². The molecule has 2 aromatic rings. The van der Waals surface area contributed by atoms with E-state index in [-0.39, 0.29) is 0 Å². The van der Waals surface area contributed by atoms with Crippen molar-refractivity contribution in [2.75, 3.05) is 0 Å². The number of hydrogen-bond donors (Lipinski definition) is 1. The number of rotatable bonds is 1. The molecule has 0 fully saturated rings. The van der Waals surface area contributed by atoms with Gasteiger partial charge < -0.3 is 5.21 Å². The molecule has 0 bridgehead atoms. The molecular formula is C9H6BrNOS. The Labute approximate surface area is 87.6 Å². The molecule has 1 N–H and O–H groups in total. The highest BCUT2D eigenvalue weighted by atomic mass is 79.9. The lowest BCUT2D eigenvalue weighted by molar-refractivity contribution is 0.322. The number of nitrogens with zero attached hydrogens (tertiary/aromatic N) is 1. The summed E-state index contributed by atoms with van der Waals surface area (Å²) in [6, 6.07) is 6.06. The molecule has 0 aliphatic carbocycles. The van der Waals surface area contributed by atoms with Gasteiger partial charge >= 0.3 is 0 Å². The third kappa shape index (κ3) is 1.59. The zero-order valence-electron chi connectivity index (χ0n) is 6.57. The first-order valence-corrected chi connectivity index (χ1v) is 5.33. The van der Waals surface area contributed by atoms with Gasteiger partial charge in [-0.1, -0.05) is 21.1 Å². The lowest BCUT2D eigenvalue weighted by Crippen LogP contribution is -1.76. The van der Waals surface area contributed by atoms with Crippen molar-refractivity contribution < 1.29 is 5.21 Å². The topological polar surface area (TPSA) is 32.6 Å². The van der Waals surface area contributed by atoms with Crippen LogP contribution in [0.25, 0.3) is 10.1 Å². The van der Waals surface area contributed by atoms with Crippen molar-refractivity contribution in [3.05, 3.63) is 33.6 Å². The Morgan fingerprint density at radius 2 is 2.31 bits per heavy atom. The van der Waals surface area contributed by atoms with E-state index in [2.05, 4.69) is 21.1 Å². The maximum atomic E-state index is 8.43. The van der Waals surface area contributed by atoms with Gasteiger partial charge in [0.05, 0.1) is 6.21 Å². The van der Waals surface area contributed by atoms with Crippen LogP contribution in [0.3, 0.4) is 0 Å². The number of thiophene rings is 1. The van der Waals surface area contributed by atoms with Crippen LogP contribution in [0.2, 0.25) is 0 Å². The fourth-order valence-electron chi connectivity index (χ4n) is 1.18. The van der Waals surface area contributed by atoms with Crippen molar-refractivity contribution in [1.29, 1.82) is 0 Å². The van der Waals surface area contributed by atoms with Gasteiger partial charge in [-0.15, -0.1) is 11.3 Å². The monoisotopic (exact) mass is 255 g/mol. The first-order chi connectivity index (χ1) is 6.31. The first-order valence-electron chi connectivity index (χ1n) is 3.65. The van der Waals surface area contributed by atoms with Gasteiger partial charge in [0.1, 0.15) is 0 Å². The zero-order chi connectivity index (χ0) is 9.26. The van der Waals surface area contributed by atoms with E-state index < -0.39 is 0 Å². The Morgan fingerprint density at radius 1 is 1.46 bits per heavy atom. The van der Waals surface area contributed by atoms with Crippen LogP contribution in [0.15, 0.2) is 33.2 Å². The Hall–Kier alpha value is -0.870. The summed E-state index contributed by atoms with van der Waals surface area (Å²) in [5, 5.41) is 14.5. The normalized spacial score (nSPS) is 11.5. The third-order valence-electron chi connectivity index (χ3n) is 1.76. The minimum Gasteiger partial charge on any atom is -0.411 e. The summed E-state index contributed by atoms with van der Waals surface area (Å²) in [5.74, 6) is 0. The quantitative estimate of drug-likeness (QED) is 0.473. The molecule has 1 aromatic carbocycles. The predicted molar refractivity (Wildman–Crippen MR) is 58.9 cm³/mol. The lowest BCUT2D eigenvalue weighted by atomic mass is 10.2. The highest BCUT2D eigenvalue weighted by Crippen LogP contribution is 2.27. The van der Waals surface area contributed by atoms with Crippen LogP contribution in [0, 0.1) is 0 Å². The molecule has 1 aromatic heterocycles. The maximum Gasteiger partial charge on any atom is 0.0748 e. The summed E-state index contributed by atoms with van der Waals surface area (Å²) in [7, 11) is 0. The largest absolute Gasteiger partial charge is 0.411 e. The second-order valence-electron chi connectivity index (χ2n) is 2.58. The minimum atomic E-state index is 0.948. The number of halogens is 1. The van der Waals surface area contributed by atoms with E-state index in [1.54, 1.807) is 11.3 Å². The van der Waals surface area contributed by atoms with Crippen molar-refractivity contribution >= 4 is 43.6 Å². The molecule has 0 saturated carbocycles. The minimum absolute atomic E-state index is 0.948. The molecule has 0 aliphatic heterocycles. The Morgan fingerprint density at radius 3 is 3.08 bits per heavy atom. The molecule has 0 atom stereocenters. The van der Waals surface area contributed by atoms with Crippen molar-refractivity contribution in [1.82, 2.24) is 0 Å². The van der Waals surface area contributed by atoms with Crippen molar-refractivity contribution in [2.45, 2.75) is 0 Å². The summed E-state index contributed by atoms with van der Waals surface area (Å²) in [6.07, 6.45) is 1.45. The third-order valence-corrected chi connectivity index (χ3v) is 3.24. The molecule has 1 heterocycles. The van der Waals surface area contributed by atoms with Gasteiger partial charge in [0.2, 0.25) is 0 Å². The van der Waals surface area contributed by atoms with E-state index in [0.717, 1.165) is 15.4 Å². The predicted octanol–water partition coefficient (Wildman–Crippen LogP) is 3.47. The number of hydrogen-bond acceptors (Lipinski definition) is 3. The van der Waals surface area contributed by atoms with Gasteiger partial charge in [0.15, 0.2) is 0 Å². The van der Waals surface area contributed by atoms with E-state index in [1.807, 2.05) is 23.6 Å². The van der Waals surface area contributed by atoms with Gasteiger partial charge in [-0.3, -0.25) is 0 Å². The fourth-order valence-corrected chi connectivity index (χ4v) is 2.44. The molecule has 0 spiro atoms. The molecule has 0 amide bonds. The summed E-state index contributed by atoms with van der Waals surface area (Å²) in [6.45, 7) is 0. The van der Waals surface area contributed by atoms with Gasteiger partial charge in [0, 0.05) is 25.5 Å². The number of fused-ring (bicyclic) bond motifs is 1. The molecule has 0 radical (unpaired) electrons. The molecule has 0 unspecified atom stereocenters. The van der Waals surface area contributed by atoms with E-state index in [0.29, 0.717) is 0 Å². The van der Waals surface area contributed by atoms with Gasteiger partial charge in [-0.05, 0) is 18.2 Å². The standard InChI is InChI=1S/C9H6BrNOS/c10-7-1-2-9-8(3-7)6(4-11-12)5-13-9/h1-5,12H. The lowest BCUT2D eigenvalue weighted by Gasteiger charge is -1.92. The highest BCUT2D eigenvalue weighted by molar-refractivity contribution is 9.10. The van der Waals surface area contributed by atoms with E-state index in [1.165, 1.54) is 10.9 Å². The van der Waals surface area contributed by atoms with Crippen molar-refractivity contribution in [3.8, 4) is 0 Å². The molecule has 0 saturated heterocycles. The summed E-state index contributed by atoms with van der Waals surface area (Å²) in [4.78, 5) is 0. The summed E-state index contributed by atoms with van der Waals surface area (Å²) < 4.78 is 2.23. The number of oxime groups is 1. The van der Waals surface area contributed by atoms with Crippen LogP contribution < -0.4 is 0 Å². The van der Waals surface area contributed by atoms with Crippen molar-refractivity contribution in [2.24, 2.45) is 5.16 Å². The van der Waals surface area contributed by atoms with Crippen molar-refractivity contribution in [3.63, 3.8) is 0 Å². The second kappa shape index (κ2) is 3.47. The van der Waals surface area contributed by atoms with Crippen LogP contribution in [0.1, 0.15) is 5.56 Å². The van der Waals surface area contributed by atoms with E-state index >= 15 is 0 Å². The fraction of sp³-hybridized carbons (Fsp3) is 0. The second-order valence-corrected chi connectivity index (χ2v) is 4.40. The Balaban J connectivity index is 2.71. The van der Waals surface area contributed by atoms with Crippen LogP contribution in [0.4, 0.5) is 0 Å². The van der Waals surface area contributed by atoms with Gasteiger partial charge in [-0.2, -0.15) is 0 Å². The molecule has 13 heavy (non-hydrogen) atoms. The molecule has 66 valence electrons. The average Bonchev–Trinajstić information content (AvgIpc) is 2.49. The Kier molecular flexibility index (Phi) is 2.33. The number of benzene rings is 1. The molecular weight excluding hydrogens is 250 g/mol. The smallest absolute Gasteiger partial charge is 0.0748 e. The Bertz CT molecular complexity index is 464.